The molecule has 1 saturated heterocycles. The van der Waals surface area contributed by atoms with Crippen LogP contribution in [0.2, 0.25) is 10.0 Å². The molecule has 3 amide bonds. The van der Waals surface area contributed by atoms with E-state index in [0.29, 0.717) is 18.7 Å². The number of aryl methyl sites for hydroxylation is 1. The smallest absolute Gasteiger partial charge is 0.410 e. The largest absolute Gasteiger partial charge is 0.486 e. The number of esters is 1. The van der Waals surface area contributed by atoms with Crippen LogP contribution in [0.15, 0.2) is 18.2 Å². The van der Waals surface area contributed by atoms with Gasteiger partial charge in [0.1, 0.15) is 29.7 Å². The van der Waals surface area contributed by atoms with Gasteiger partial charge < -0.3 is 34.7 Å². The highest BCUT2D eigenvalue weighted by atomic mass is 35.5. The fraction of sp³-hybridized carbons (Fsp3) is 0.440. The number of aromatic nitrogens is 1. The number of likely N-dealkylation sites (tertiary alicyclic amines) is 1. The molecule has 1 aromatic heterocycles. The zero-order valence-electron chi connectivity index (χ0n) is 21.7. The first-order valence-corrected chi connectivity index (χ1v) is 12.5. The average molecular weight is 569 g/mol. The summed E-state index contributed by atoms with van der Waals surface area (Å²) < 4.78 is 16.1. The first-order valence-electron chi connectivity index (χ1n) is 11.8. The topological polar surface area (TPSA) is 139 Å². The number of amides is 3. The molecule has 0 spiro atoms. The Bertz CT molecular complexity index is 1240. The molecule has 206 valence electrons. The van der Waals surface area contributed by atoms with Crippen LogP contribution in [0.3, 0.4) is 0 Å². The van der Waals surface area contributed by atoms with Gasteiger partial charge in [0.15, 0.2) is 0 Å². The van der Waals surface area contributed by atoms with Gasteiger partial charge in [-0.05, 0) is 45.9 Å². The number of benzene rings is 1. The lowest BCUT2D eigenvalue weighted by Crippen LogP contribution is -2.36. The summed E-state index contributed by atoms with van der Waals surface area (Å²) in [5, 5.41) is 5.49. The molecule has 2 aromatic rings. The van der Waals surface area contributed by atoms with Crippen LogP contribution in [0, 0.1) is 6.92 Å². The van der Waals surface area contributed by atoms with E-state index >= 15 is 0 Å². The molecule has 0 unspecified atom stereocenters. The molecule has 0 radical (unpaired) electrons. The molecule has 11 nitrogen and oxygen atoms in total. The van der Waals surface area contributed by atoms with Crippen LogP contribution < -0.4 is 15.4 Å². The zero-order valence-corrected chi connectivity index (χ0v) is 23.2. The third-order valence-corrected chi connectivity index (χ3v) is 6.43. The lowest BCUT2D eigenvalue weighted by Gasteiger charge is -2.24. The number of aromatic amines is 1. The normalized spacial score (nSPS) is 15.1. The first-order chi connectivity index (χ1) is 17.8. The molecule has 2 heterocycles. The lowest BCUT2D eigenvalue weighted by molar-refractivity contribution is -0.139. The van der Waals surface area contributed by atoms with E-state index < -0.39 is 35.6 Å². The molecule has 1 fully saturated rings. The number of methoxy groups -OCH3 is 1. The Morgan fingerprint density at radius 3 is 2.45 bits per heavy atom. The van der Waals surface area contributed by atoms with Gasteiger partial charge in [0.05, 0.1) is 29.4 Å². The van der Waals surface area contributed by atoms with Crippen LogP contribution in [0.5, 0.6) is 5.75 Å². The first kappa shape index (κ1) is 29.1. The molecule has 1 aliphatic rings. The second-order valence-corrected chi connectivity index (χ2v) is 10.4. The summed E-state index contributed by atoms with van der Waals surface area (Å²) in [6.07, 6.45) is -0.387. The second-order valence-electron chi connectivity index (χ2n) is 9.63. The van der Waals surface area contributed by atoms with Crippen molar-refractivity contribution in [1.82, 2.24) is 15.2 Å². The van der Waals surface area contributed by atoms with Crippen LogP contribution in [0.25, 0.3) is 0 Å². The molecule has 0 aliphatic carbocycles. The van der Waals surface area contributed by atoms with Crippen LogP contribution >= 0.6 is 23.2 Å². The summed E-state index contributed by atoms with van der Waals surface area (Å²) in [5.74, 6) is -1.54. The Morgan fingerprint density at radius 2 is 1.84 bits per heavy atom. The summed E-state index contributed by atoms with van der Waals surface area (Å²) in [6.45, 7) is 7.37. The molecular weight excluding hydrogens is 539 g/mol. The van der Waals surface area contributed by atoms with Gasteiger partial charge in [-0.2, -0.15) is 0 Å². The Hall–Kier alpha value is -3.44. The third kappa shape index (κ3) is 7.32. The minimum atomic E-state index is -0.639. The number of H-pyrrole nitrogens is 1. The second kappa shape index (κ2) is 12.0. The van der Waals surface area contributed by atoms with Crippen molar-refractivity contribution in [2.75, 3.05) is 32.1 Å². The van der Waals surface area contributed by atoms with E-state index in [1.165, 1.54) is 30.2 Å². The third-order valence-electron chi connectivity index (χ3n) is 5.48. The van der Waals surface area contributed by atoms with Gasteiger partial charge in [-0.15, -0.1) is 0 Å². The summed E-state index contributed by atoms with van der Waals surface area (Å²) in [4.78, 5) is 53.8. The molecular formula is C25H30Cl2N4O7. The summed E-state index contributed by atoms with van der Waals surface area (Å²) in [6, 6.07) is 4.39. The zero-order chi connectivity index (χ0) is 28.2. The number of hydrogen-bond donors (Lipinski definition) is 3. The van der Waals surface area contributed by atoms with Crippen LogP contribution in [-0.2, 0) is 14.3 Å². The maximum atomic E-state index is 13.0. The van der Waals surface area contributed by atoms with Crippen molar-refractivity contribution in [1.29, 1.82) is 0 Å². The maximum Gasteiger partial charge on any atom is 0.410 e. The Kier molecular flexibility index (Phi) is 9.16. The summed E-state index contributed by atoms with van der Waals surface area (Å²) >= 11 is 12.3. The Morgan fingerprint density at radius 1 is 1.13 bits per heavy atom. The number of ether oxygens (including phenoxy) is 3. The number of hydrogen-bond acceptors (Lipinski definition) is 7. The maximum absolute atomic E-state index is 13.0. The predicted octanol–water partition coefficient (Wildman–Crippen LogP) is 4.17. The molecule has 1 aromatic carbocycles. The van der Waals surface area contributed by atoms with Crippen molar-refractivity contribution in [2.24, 2.45) is 0 Å². The van der Waals surface area contributed by atoms with E-state index in [9.17, 15) is 19.2 Å². The summed E-state index contributed by atoms with van der Waals surface area (Å²) in [5.41, 5.74) is 0.399. The number of carbonyl (C=O) groups excluding carboxylic acids is 4. The van der Waals surface area contributed by atoms with Crippen LogP contribution in [0.1, 0.15) is 53.7 Å². The van der Waals surface area contributed by atoms with Crippen molar-refractivity contribution in [2.45, 2.75) is 45.8 Å². The van der Waals surface area contributed by atoms with Gasteiger partial charge in [0, 0.05) is 24.2 Å². The van der Waals surface area contributed by atoms with E-state index in [0.717, 1.165) is 0 Å². The molecule has 1 aliphatic heterocycles. The standard InChI is InChI=1S/C25H30Cl2N4O7/c1-13-19(26)20(27)21(29-13)23(34)30-16-7-6-14(22(33)28-11-18(32)36-5)10-17(16)37-15-8-9-31(12-15)24(35)38-25(2,3)4/h6-7,10,15,29H,8-9,11-12H2,1-5H3,(H,28,33)(H,30,34)/t15-/m0/s1. The van der Waals surface area contributed by atoms with Crippen molar-refractivity contribution < 1.29 is 33.4 Å². The van der Waals surface area contributed by atoms with E-state index in [2.05, 4.69) is 20.4 Å². The minimum Gasteiger partial charge on any atom is -0.486 e. The lowest BCUT2D eigenvalue weighted by atomic mass is 10.1. The molecule has 38 heavy (non-hydrogen) atoms. The number of anilines is 1. The monoisotopic (exact) mass is 568 g/mol. The number of halogens is 2. The molecule has 1 atom stereocenters. The van der Waals surface area contributed by atoms with Gasteiger partial charge in [0.25, 0.3) is 11.8 Å². The van der Waals surface area contributed by atoms with E-state index in [1.54, 1.807) is 27.7 Å². The Labute approximate surface area is 230 Å². The number of carbonyl (C=O) groups is 4. The van der Waals surface area contributed by atoms with E-state index in [4.69, 9.17) is 32.7 Å². The van der Waals surface area contributed by atoms with E-state index in [-0.39, 0.29) is 45.8 Å². The van der Waals surface area contributed by atoms with Crippen molar-refractivity contribution >= 4 is 52.8 Å². The van der Waals surface area contributed by atoms with Gasteiger partial charge in [-0.25, -0.2) is 4.79 Å². The highest BCUT2D eigenvalue weighted by Gasteiger charge is 2.31. The fourth-order valence-electron chi connectivity index (χ4n) is 3.60. The van der Waals surface area contributed by atoms with Crippen molar-refractivity contribution in [3.05, 3.63) is 45.2 Å². The highest BCUT2D eigenvalue weighted by Crippen LogP contribution is 2.32. The molecule has 13 heteroatoms. The van der Waals surface area contributed by atoms with Crippen LogP contribution in [0.4, 0.5) is 10.5 Å². The molecule has 0 bridgehead atoms. The van der Waals surface area contributed by atoms with Crippen LogP contribution in [-0.4, -0.2) is 72.2 Å². The minimum absolute atomic E-state index is 0.0666. The quantitative estimate of drug-likeness (QED) is 0.426. The average Bonchev–Trinajstić information content (AvgIpc) is 3.42. The van der Waals surface area contributed by atoms with Gasteiger partial charge in [0.2, 0.25) is 0 Å². The SMILES string of the molecule is COC(=O)CNC(=O)c1ccc(NC(=O)c2[nH]c(C)c(Cl)c2Cl)c(O[C@H]2CCN(C(=O)OC(C)(C)C)C2)c1. The number of nitrogens with one attached hydrogen (secondary N) is 3. The molecule has 0 saturated carbocycles. The highest BCUT2D eigenvalue weighted by molar-refractivity contribution is 6.44. The van der Waals surface area contributed by atoms with Crippen molar-refractivity contribution in [3.8, 4) is 5.75 Å². The predicted molar refractivity (Wildman–Crippen MR) is 141 cm³/mol. The Balaban J connectivity index is 1.82. The van der Waals surface area contributed by atoms with Gasteiger partial charge in [-0.3, -0.25) is 14.4 Å². The van der Waals surface area contributed by atoms with E-state index in [1.807, 2.05) is 0 Å². The molecule has 3 N–H and O–H groups in total. The van der Waals surface area contributed by atoms with Gasteiger partial charge in [-0.1, -0.05) is 23.2 Å². The van der Waals surface area contributed by atoms with Crippen molar-refractivity contribution in [3.63, 3.8) is 0 Å². The fourth-order valence-corrected chi connectivity index (χ4v) is 4.02. The van der Waals surface area contributed by atoms with Gasteiger partial charge >= 0.3 is 12.1 Å². The number of rotatable bonds is 7. The number of nitrogens with zero attached hydrogens (tertiary/aromatic N) is 1. The molecule has 3 rings (SSSR count). The summed E-state index contributed by atoms with van der Waals surface area (Å²) in [7, 11) is 1.21.